The third-order valence-corrected chi connectivity index (χ3v) is 13.3. The smallest absolute Gasteiger partial charge is 0.165 e. The number of rotatable bonds is 5. The monoisotopic (exact) mass is 740 g/mol. The maximum Gasteiger partial charge on any atom is 0.165 e. The van der Waals surface area contributed by atoms with E-state index in [0.717, 1.165) is 43.9 Å². The fraction of sp³-hybridized carbons (Fsp3) is 0.0612. The summed E-state index contributed by atoms with van der Waals surface area (Å²) in [6.45, 7) is 4.68. The van der Waals surface area contributed by atoms with E-state index in [-0.39, 0.29) is 5.41 Å². The number of nitrogens with zero attached hydrogens (tertiary/aromatic N) is 4. The number of hydrogen-bond acceptors (Lipinski definition) is 6. The molecule has 55 heavy (non-hydrogen) atoms. The highest BCUT2D eigenvalue weighted by Crippen LogP contribution is 2.53. The lowest BCUT2D eigenvalue weighted by Crippen LogP contribution is -2.15. The summed E-state index contributed by atoms with van der Waals surface area (Å²) < 4.78 is 3.68. The lowest BCUT2D eigenvalue weighted by molar-refractivity contribution is 0.667. The zero-order chi connectivity index (χ0) is 36.7. The Kier molecular flexibility index (Phi) is 7.21. The Labute approximate surface area is 326 Å². The second-order valence-corrected chi connectivity index (χ2v) is 16.7. The molecule has 0 unspecified atom stereocenters. The standard InChI is InChI=1S/C49H32N4S2/c1-49(2)39-28-33(23-24-34(39)36-25-26-40-44(42(36)49)55-48(50-40)30-15-7-4-8-16-30)46-51-45(32-18-11-17-31(27-32)29-13-5-3-6-14-29)52-47(53-46)38-21-12-20-37-35-19-9-10-22-41(35)54-43(37)38/h3-28H,1-2H3. The van der Waals surface area contributed by atoms with Crippen molar-refractivity contribution in [2.75, 3.05) is 0 Å². The van der Waals surface area contributed by atoms with Gasteiger partial charge in [0, 0.05) is 47.8 Å². The lowest BCUT2D eigenvalue weighted by atomic mass is 9.82. The van der Waals surface area contributed by atoms with Gasteiger partial charge in [-0.15, -0.1) is 22.7 Å². The maximum absolute atomic E-state index is 5.29. The van der Waals surface area contributed by atoms with Crippen LogP contribution in [0.5, 0.6) is 0 Å². The molecule has 3 aromatic heterocycles. The van der Waals surface area contributed by atoms with Gasteiger partial charge in [-0.2, -0.15) is 0 Å². The Morgan fingerprint density at radius 3 is 1.87 bits per heavy atom. The highest BCUT2D eigenvalue weighted by Gasteiger charge is 2.38. The molecule has 0 saturated carbocycles. The number of hydrogen-bond donors (Lipinski definition) is 0. The predicted octanol–water partition coefficient (Wildman–Crippen LogP) is 13.5. The van der Waals surface area contributed by atoms with Crippen molar-refractivity contribution in [2.45, 2.75) is 19.3 Å². The first-order valence-electron chi connectivity index (χ1n) is 18.5. The molecule has 6 heteroatoms. The molecule has 0 spiro atoms. The van der Waals surface area contributed by atoms with Crippen molar-refractivity contribution in [3.8, 4) is 67.0 Å². The molecular formula is C49H32N4S2. The molecule has 0 aliphatic heterocycles. The second-order valence-electron chi connectivity index (χ2n) is 14.6. The number of fused-ring (bicyclic) bond motifs is 8. The van der Waals surface area contributed by atoms with Gasteiger partial charge in [0.05, 0.1) is 10.2 Å². The molecule has 7 aromatic carbocycles. The zero-order valence-corrected chi connectivity index (χ0v) is 31.7. The molecule has 0 fully saturated rings. The van der Waals surface area contributed by atoms with Gasteiger partial charge in [0.2, 0.25) is 0 Å². The normalized spacial score (nSPS) is 13.1. The first-order valence-corrected chi connectivity index (χ1v) is 20.1. The number of thiophene rings is 1. The molecule has 4 nitrogen and oxygen atoms in total. The highest BCUT2D eigenvalue weighted by molar-refractivity contribution is 7.26. The Balaban J connectivity index is 1.08. The molecule has 11 rings (SSSR count). The second kappa shape index (κ2) is 12.4. The third kappa shape index (κ3) is 5.17. The lowest BCUT2D eigenvalue weighted by Gasteiger charge is -2.22. The summed E-state index contributed by atoms with van der Waals surface area (Å²) in [6, 6.07) is 55.7. The van der Waals surface area contributed by atoms with Crippen molar-refractivity contribution in [3.63, 3.8) is 0 Å². The van der Waals surface area contributed by atoms with Gasteiger partial charge in [0.15, 0.2) is 17.5 Å². The van der Waals surface area contributed by atoms with Crippen LogP contribution >= 0.6 is 22.7 Å². The van der Waals surface area contributed by atoms with Gasteiger partial charge in [-0.3, -0.25) is 0 Å². The molecule has 0 N–H and O–H groups in total. The summed E-state index contributed by atoms with van der Waals surface area (Å²) in [5.41, 5.74) is 12.3. The van der Waals surface area contributed by atoms with E-state index in [4.69, 9.17) is 19.9 Å². The van der Waals surface area contributed by atoms with Crippen molar-refractivity contribution in [3.05, 3.63) is 169 Å². The van der Waals surface area contributed by atoms with Crippen LogP contribution in [0.15, 0.2) is 158 Å². The highest BCUT2D eigenvalue weighted by atomic mass is 32.1. The Morgan fingerprint density at radius 1 is 0.418 bits per heavy atom. The first-order chi connectivity index (χ1) is 27.0. The van der Waals surface area contributed by atoms with Crippen molar-refractivity contribution in [1.82, 2.24) is 19.9 Å². The van der Waals surface area contributed by atoms with Gasteiger partial charge in [-0.1, -0.05) is 141 Å². The molecule has 10 aromatic rings. The SMILES string of the molecule is CC1(C)c2cc(-c3nc(-c4cccc(-c5ccccc5)c4)nc(-c4cccc5c4sc4ccccc45)n3)ccc2-c2ccc3nc(-c4ccccc4)sc3c21. The van der Waals surface area contributed by atoms with Crippen LogP contribution in [-0.4, -0.2) is 19.9 Å². The molecule has 1 aliphatic carbocycles. The summed E-state index contributed by atoms with van der Waals surface area (Å²) in [7, 11) is 0. The fourth-order valence-corrected chi connectivity index (χ4v) is 10.7. The van der Waals surface area contributed by atoms with Crippen LogP contribution in [0, 0.1) is 0 Å². The minimum absolute atomic E-state index is 0.258. The van der Waals surface area contributed by atoms with E-state index in [1.807, 2.05) is 6.07 Å². The van der Waals surface area contributed by atoms with Crippen molar-refractivity contribution >= 4 is 53.1 Å². The maximum atomic E-state index is 5.29. The van der Waals surface area contributed by atoms with Gasteiger partial charge in [0.25, 0.3) is 0 Å². The van der Waals surface area contributed by atoms with Crippen molar-refractivity contribution in [1.29, 1.82) is 0 Å². The molecule has 0 amide bonds. The number of benzene rings is 7. The van der Waals surface area contributed by atoms with E-state index in [2.05, 4.69) is 166 Å². The molecule has 0 bridgehead atoms. The summed E-state index contributed by atoms with van der Waals surface area (Å²) >= 11 is 3.58. The summed E-state index contributed by atoms with van der Waals surface area (Å²) in [4.78, 5) is 20.8. The van der Waals surface area contributed by atoms with E-state index in [1.165, 1.54) is 47.1 Å². The van der Waals surface area contributed by atoms with Crippen LogP contribution in [0.2, 0.25) is 0 Å². The van der Waals surface area contributed by atoms with E-state index in [1.54, 1.807) is 22.7 Å². The predicted molar refractivity (Wildman–Crippen MR) is 231 cm³/mol. The fourth-order valence-electron chi connectivity index (χ4n) is 8.26. The van der Waals surface area contributed by atoms with Gasteiger partial charge < -0.3 is 0 Å². The molecular weight excluding hydrogens is 709 g/mol. The topological polar surface area (TPSA) is 51.6 Å². The summed E-state index contributed by atoms with van der Waals surface area (Å²) in [6.07, 6.45) is 0. The van der Waals surface area contributed by atoms with Gasteiger partial charge in [-0.05, 0) is 63.7 Å². The quantitative estimate of drug-likeness (QED) is 0.176. The molecule has 0 saturated heterocycles. The van der Waals surface area contributed by atoms with Gasteiger partial charge >= 0.3 is 0 Å². The third-order valence-electron chi connectivity index (χ3n) is 11.0. The zero-order valence-electron chi connectivity index (χ0n) is 30.1. The van der Waals surface area contributed by atoms with E-state index in [9.17, 15) is 0 Å². The molecule has 1 aliphatic rings. The minimum Gasteiger partial charge on any atom is -0.236 e. The van der Waals surface area contributed by atoms with Crippen LogP contribution in [0.1, 0.15) is 25.0 Å². The Bertz CT molecular complexity index is 3120. The summed E-state index contributed by atoms with van der Waals surface area (Å²) in [5, 5.41) is 3.52. The number of aromatic nitrogens is 4. The van der Waals surface area contributed by atoms with E-state index in [0.29, 0.717) is 17.5 Å². The van der Waals surface area contributed by atoms with Crippen molar-refractivity contribution < 1.29 is 0 Å². The first kappa shape index (κ1) is 32.1. The molecule has 0 radical (unpaired) electrons. The average molecular weight is 741 g/mol. The minimum atomic E-state index is -0.258. The van der Waals surface area contributed by atoms with Crippen LogP contribution in [-0.2, 0) is 5.41 Å². The average Bonchev–Trinajstić information content (AvgIpc) is 3.91. The molecule has 0 atom stereocenters. The van der Waals surface area contributed by atoms with Gasteiger partial charge in [0.1, 0.15) is 5.01 Å². The van der Waals surface area contributed by atoms with Crippen LogP contribution in [0.3, 0.4) is 0 Å². The largest absolute Gasteiger partial charge is 0.236 e. The van der Waals surface area contributed by atoms with Crippen LogP contribution < -0.4 is 0 Å². The Hall–Kier alpha value is -6.34. The summed E-state index contributed by atoms with van der Waals surface area (Å²) in [5.74, 6) is 1.98. The van der Waals surface area contributed by atoms with Crippen LogP contribution in [0.4, 0.5) is 0 Å². The molecule has 3 heterocycles. The van der Waals surface area contributed by atoms with E-state index < -0.39 is 0 Å². The Morgan fingerprint density at radius 2 is 1.05 bits per heavy atom. The van der Waals surface area contributed by atoms with Gasteiger partial charge in [-0.25, -0.2) is 19.9 Å². The number of thiazole rings is 1. The molecule has 260 valence electrons. The van der Waals surface area contributed by atoms with Crippen LogP contribution in [0.25, 0.3) is 97.4 Å². The van der Waals surface area contributed by atoms with E-state index >= 15 is 0 Å². The van der Waals surface area contributed by atoms with Crippen molar-refractivity contribution in [2.24, 2.45) is 0 Å².